The molecular formula is C7H8N2O4. The first-order valence-corrected chi connectivity index (χ1v) is 3.49. The minimum absolute atomic E-state index is 0.178. The van der Waals surface area contributed by atoms with E-state index in [1.807, 2.05) is 0 Å². The van der Waals surface area contributed by atoms with Gasteiger partial charge in [0.2, 0.25) is 5.69 Å². The lowest BCUT2D eigenvalue weighted by atomic mass is 10.3. The van der Waals surface area contributed by atoms with Crippen LogP contribution in [0.5, 0.6) is 5.75 Å². The summed E-state index contributed by atoms with van der Waals surface area (Å²) in [5.41, 5.74) is 0.178. The molecule has 0 unspecified atom stereocenters. The molecule has 13 heavy (non-hydrogen) atoms. The topological polar surface area (TPSA) is 79.3 Å². The van der Waals surface area contributed by atoms with Crippen LogP contribution in [0.25, 0.3) is 0 Å². The van der Waals surface area contributed by atoms with Gasteiger partial charge in [-0.2, -0.15) is 0 Å². The van der Waals surface area contributed by atoms with Crippen molar-refractivity contribution >= 4 is 5.82 Å². The van der Waals surface area contributed by atoms with Gasteiger partial charge >= 0.3 is 5.82 Å². The summed E-state index contributed by atoms with van der Waals surface area (Å²) in [6.07, 6.45) is 0. The van der Waals surface area contributed by atoms with E-state index in [1.165, 1.54) is 20.1 Å². The summed E-state index contributed by atoms with van der Waals surface area (Å²) in [6.45, 7) is 1.46. The number of hydrogen-bond acceptors (Lipinski definition) is 4. The van der Waals surface area contributed by atoms with E-state index < -0.39 is 10.7 Å². The molecule has 1 rings (SSSR count). The Morgan fingerprint density at radius 2 is 2.15 bits per heavy atom. The number of rotatable bonds is 2. The smallest absolute Gasteiger partial charge is 0.513 e. The summed E-state index contributed by atoms with van der Waals surface area (Å²) in [6, 6.07) is 2.50. The van der Waals surface area contributed by atoms with Crippen molar-refractivity contribution in [2.75, 3.05) is 7.11 Å². The van der Waals surface area contributed by atoms with Crippen LogP contribution in [0, 0.1) is 22.2 Å². The van der Waals surface area contributed by atoms with Crippen LogP contribution in [0.15, 0.2) is 12.1 Å². The summed E-state index contributed by atoms with van der Waals surface area (Å²) in [4.78, 5) is 9.58. The maximum atomic E-state index is 11.2. The predicted octanol–water partition coefficient (Wildman–Crippen LogP) is 0.545. The third-order valence-electron chi connectivity index (χ3n) is 1.66. The minimum Gasteiger partial charge on any atom is -0.614 e. The molecule has 0 N–H and O–H groups in total. The van der Waals surface area contributed by atoms with Gasteiger partial charge in [0.25, 0.3) is 0 Å². The van der Waals surface area contributed by atoms with E-state index in [-0.39, 0.29) is 10.4 Å². The van der Waals surface area contributed by atoms with E-state index in [1.54, 1.807) is 0 Å². The van der Waals surface area contributed by atoms with Crippen molar-refractivity contribution in [1.82, 2.24) is 0 Å². The Hall–Kier alpha value is -1.85. The number of pyridine rings is 1. The van der Waals surface area contributed by atoms with Gasteiger partial charge < -0.3 is 9.94 Å². The second-order valence-corrected chi connectivity index (χ2v) is 2.40. The first-order valence-electron chi connectivity index (χ1n) is 3.49. The molecule has 0 atom stereocenters. The Labute approximate surface area is 74.1 Å². The lowest BCUT2D eigenvalue weighted by molar-refractivity contribution is -0.669. The zero-order chi connectivity index (χ0) is 10.0. The Morgan fingerprint density at radius 1 is 1.54 bits per heavy atom. The van der Waals surface area contributed by atoms with Gasteiger partial charge in [-0.1, -0.05) is 0 Å². The molecule has 70 valence electrons. The molecule has 0 saturated heterocycles. The molecule has 0 saturated carbocycles. The molecular weight excluding hydrogens is 176 g/mol. The van der Waals surface area contributed by atoms with Crippen LogP contribution >= 0.6 is 0 Å². The van der Waals surface area contributed by atoms with Gasteiger partial charge in [-0.25, -0.2) is 0 Å². The number of nitrogens with zero attached hydrogens (tertiary/aromatic N) is 2. The molecule has 0 aromatic carbocycles. The van der Waals surface area contributed by atoms with E-state index in [0.29, 0.717) is 5.75 Å². The number of aromatic nitrogens is 1. The Kier molecular flexibility index (Phi) is 2.32. The molecule has 0 aliphatic rings. The zero-order valence-electron chi connectivity index (χ0n) is 7.18. The Morgan fingerprint density at radius 3 is 2.62 bits per heavy atom. The fourth-order valence-electron chi connectivity index (χ4n) is 0.961. The van der Waals surface area contributed by atoms with Crippen LogP contribution in [0.4, 0.5) is 5.82 Å². The molecule has 1 heterocycles. The second-order valence-electron chi connectivity index (χ2n) is 2.40. The Bertz CT molecular complexity index is 351. The Balaban J connectivity index is 3.31. The fraction of sp³-hybridized carbons (Fsp3) is 0.286. The standard InChI is InChI=1S/C7H8N2O4/c1-5-6(13-2)3-4-7(8(5)10)9(11)12/h3-4H,1-2H3. The van der Waals surface area contributed by atoms with Crippen molar-refractivity contribution in [2.45, 2.75) is 6.92 Å². The van der Waals surface area contributed by atoms with E-state index in [0.717, 1.165) is 6.07 Å². The van der Waals surface area contributed by atoms with E-state index in [2.05, 4.69) is 0 Å². The van der Waals surface area contributed by atoms with E-state index in [9.17, 15) is 15.3 Å². The largest absolute Gasteiger partial charge is 0.614 e. The molecule has 6 nitrogen and oxygen atoms in total. The molecule has 1 aromatic rings. The number of methoxy groups -OCH3 is 1. The van der Waals surface area contributed by atoms with Gasteiger partial charge in [0, 0.05) is 13.0 Å². The minimum atomic E-state index is -0.737. The molecule has 0 aliphatic carbocycles. The predicted molar refractivity (Wildman–Crippen MR) is 43.3 cm³/mol. The highest BCUT2D eigenvalue weighted by Gasteiger charge is 2.22. The molecule has 0 radical (unpaired) electrons. The summed E-state index contributed by atoms with van der Waals surface area (Å²) in [7, 11) is 1.40. The van der Waals surface area contributed by atoms with Crippen molar-refractivity contribution in [3.05, 3.63) is 33.1 Å². The maximum Gasteiger partial charge on any atom is 0.513 e. The second kappa shape index (κ2) is 3.26. The fourth-order valence-corrected chi connectivity index (χ4v) is 0.961. The zero-order valence-corrected chi connectivity index (χ0v) is 7.18. The highest BCUT2D eigenvalue weighted by atomic mass is 16.6. The summed E-state index contributed by atoms with van der Waals surface area (Å²) in [5, 5.41) is 21.5. The van der Waals surface area contributed by atoms with Crippen molar-refractivity contribution in [3.8, 4) is 5.75 Å². The highest BCUT2D eigenvalue weighted by Crippen LogP contribution is 2.16. The van der Waals surface area contributed by atoms with Gasteiger partial charge in [-0.15, -0.1) is 4.73 Å². The van der Waals surface area contributed by atoms with Crippen molar-refractivity contribution in [2.24, 2.45) is 0 Å². The molecule has 0 fully saturated rings. The molecule has 1 aromatic heterocycles. The summed E-state index contributed by atoms with van der Waals surface area (Å²) >= 11 is 0. The van der Waals surface area contributed by atoms with Crippen molar-refractivity contribution < 1.29 is 14.4 Å². The van der Waals surface area contributed by atoms with Crippen LogP contribution in [0.2, 0.25) is 0 Å². The average molecular weight is 184 g/mol. The molecule has 0 amide bonds. The molecule has 0 bridgehead atoms. The van der Waals surface area contributed by atoms with Crippen LogP contribution in [0.3, 0.4) is 0 Å². The van der Waals surface area contributed by atoms with E-state index >= 15 is 0 Å². The third-order valence-corrected chi connectivity index (χ3v) is 1.66. The van der Waals surface area contributed by atoms with Gasteiger partial charge in [0.1, 0.15) is 4.92 Å². The average Bonchev–Trinajstić information content (AvgIpc) is 2.09. The van der Waals surface area contributed by atoms with Gasteiger partial charge in [0.15, 0.2) is 5.75 Å². The van der Waals surface area contributed by atoms with Gasteiger partial charge in [-0.3, -0.25) is 10.1 Å². The van der Waals surface area contributed by atoms with E-state index in [4.69, 9.17) is 4.74 Å². The lowest BCUT2D eigenvalue weighted by Gasteiger charge is -2.04. The lowest BCUT2D eigenvalue weighted by Crippen LogP contribution is -2.33. The first kappa shape index (κ1) is 9.24. The quantitative estimate of drug-likeness (QED) is 0.291. The van der Waals surface area contributed by atoms with Crippen molar-refractivity contribution in [1.29, 1.82) is 0 Å². The number of nitro groups is 1. The van der Waals surface area contributed by atoms with Crippen molar-refractivity contribution in [3.63, 3.8) is 0 Å². The van der Waals surface area contributed by atoms with Gasteiger partial charge in [0.05, 0.1) is 13.2 Å². The molecule has 0 aliphatic heterocycles. The van der Waals surface area contributed by atoms with Gasteiger partial charge in [-0.05, 0) is 0 Å². The van der Waals surface area contributed by atoms with Crippen LogP contribution < -0.4 is 9.47 Å². The van der Waals surface area contributed by atoms with Crippen LogP contribution in [0.1, 0.15) is 5.69 Å². The normalized spacial score (nSPS) is 9.69. The summed E-state index contributed by atoms with van der Waals surface area (Å²) in [5.74, 6) is -0.168. The summed E-state index contributed by atoms with van der Waals surface area (Å²) < 4.78 is 5.05. The first-order chi connectivity index (χ1) is 6.07. The number of ether oxygens (including phenoxy) is 1. The van der Waals surface area contributed by atoms with Crippen LogP contribution in [-0.2, 0) is 0 Å². The monoisotopic (exact) mass is 184 g/mol. The third kappa shape index (κ3) is 1.51. The van der Waals surface area contributed by atoms with Crippen LogP contribution in [-0.4, -0.2) is 12.0 Å². The maximum absolute atomic E-state index is 11.2. The highest BCUT2D eigenvalue weighted by molar-refractivity contribution is 5.27. The SMILES string of the molecule is COc1ccc([N+](=O)[O-])[n+]([O-])c1C. The number of hydrogen-bond donors (Lipinski definition) is 0. The molecule has 0 spiro atoms. The molecule has 6 heteroatoms.